The number of rotatable bonds is 25. The number of H-pyrrole nitrogens is 1. The first-order chi connectivity index (χ1) is 46.6. The van der Waals surface area contributed by atoms with Crippen molar-refractivity contribution in [3.63, 3.8) is 0 Å². The van der Waals surface area contributed by atoms with E-state index in [1.165, 1.54) is 62.8 Å². The minimum atomic E-state index is -0.510. The van der Waals surface area contributed by atoms with Crippen LogP contribution >= 0.6 is 70.6 Å². The van der Waals surface area contributed by atoms with Crippen LogP contribution in [0, 0.1) is 0 Å². The van der Waals surface area contributed by atoms with Crippen LogP contribution in [-0.2, 0) is 34.5 Å². The van der Waals surface area contributed by atoms with E-state index in [-0.39, 0.29) is 0 Å². The third-order valence-electron chi connectivity index (χ3n) is 16.4. The van der Waals surface area contributed by atoms with Gasteiger partial charge >= 0.3 is 0 Å². The lowest BCUT2D eigenvalue weighted by molar-refractivity contribution is 0.699. The first kappa shape index (κ1) is 62.7. The van der Waals surface area contributed by atoms with Crippen molar-refractivity contribution in [2.45, 2.75) is 70.1 Å². The molecule has 12 aromatic carbocycles. The molecule has 0 bridgehead atoms. The van der Waals surface area contributed by atoms with Crippen LogP contribution in [0.15, 0.2) is 357 Å². The summed E-state index contributed by atoms with van der Waals surface area (Å²) in [4.78, 5) is 22.5. The quantitative estimate of drug-likeness (QED) is 0.0563. The van der Waals surface area contributed by atoms with Gasteiger partial charge in [0.05, 0.1) is 22.8 Å². The lowest BCUT2D eigenvalue weighted by Gasteiger charge is -2.34. The number of imidazole rings is 1. The molecule has 0 unspecified atom stereocenters. The molecule has 4 nitrogen and oxygen atoms in total. The second-order valence-corrected chi connectivity index (χ2v) is 29.2. The van der Waals surface area contributed by atoms with Crippen molar-refractivity contribution >= 4 is 93.3 Å². The van der Waals surface area contributed by atoms with Crippen LogP contribution in [0.1, 0.15) is 56.5 Å². The zero-order chi connectivity index (χ0) is 63.1. The van der Waals surface area contributed by atoms with Crippen LogP contribution in [0.25, 0.3) is 33.9 Å². The summed E-state index contributed by atoms with van der Waals surface area (Å²) in [5.41, 5.74) is 18.3. The fraction of sp³-hybridized carbons (Fsp3) is 0.0833. The van der Waals surface area contributed by atoms with Gasteiger partial charge in [0.15, 0.2) is 12.0 Å². The largest absolute Gasteiger partial charge is 0.338 e. The van der Waals surface area contributed by atoms with Gasteiger partial charge in [-0.1, -0.05) is 231 Å². The van der Waals surface area contributed by atoms with Gasteiger partial charge in [0, 0.05) is 97.5 Å². The van der Waals surface area contributed by atoms with E-state index in [1.807, 2.05) is 70.6 Å². The highest BCUT2D eigenvalue weighted by Gasteiger charge is 2.44. The normalized spacial score (nSPS) is 12.4. The van der Waals surface area contributed by atoms with E-state index in [0.717, 1.165) is 96.8 Å². The topological polar surface area (TPSA) is 35.2 Å². The maximum atomic E-state index is 5.97. The summed E-state index contributed by atoms with van der Waals surface area (Å²) >= 11 is 11.2. The van der Waals surface area contributed by atoms with Gasteiger partial charge in [-0.3, -0.25) is 0 Å². The molecule has 2 heterocycles. The van der Waals surface area contributed by atoms with E-state index in [9.17, 15) is 0 Å². The molecule has 0 amide bonds. The second kappa shape index (κ2) is 31.0. The van der Waals surface area contributed by atoms with Gasteiger partial charge < -0.3 is 14.8 Å². The first-order valence-electron chi connectivity index (χ1n) is 31.6. The molecule has 94 heavy (non-hydrogen) atoms. The zero-order valence-corrected chi connectivity index (χ0v) is 56.7. The van der Waals surface area contributed by atoms with E-state index >= 15 is 0 Å². The molecule has 0 fully saturated rings. The van der Waals surface area contributed by atoms with E-state index < -0.39 is 6.17 Å². The number of anilines is 2. The molecular weight excluding hydrogens is 1260 g/mol. The summed E-state index contributed by atoms with van der Waals surface area (Å²) in [7, 11) is 0. The van der Waals surface area contributed by atoms with Crippen LogP contribution in [0.2, 0.25) is 0 Å². The molecule has 1 aromatic heterocycles. The van der Waals surface area contributed by atoms with Gasteiger partial charge in [0.25, 0.3) is 0 Å². The first-order valence-corrected chi connectivity index (χ1v) is 37.5. The monoisotopic (exact) mass is 1320 g/mol. The van der Waals surface area contributed by atoms with Gasteiger partial charge in [-0.25, -0.2) is 4.98 Å². The summed E-state index contributed by atoms with van der Waals surface area (Å²) in [5, 5.41) is 0. The second-order valence-electron chi connectivity index (χ2n) is 22.9. The fourth-order valence-electron chi connectivity index (χ4n) is 11.6. The van der Waals surface area contributed by atoms with Gasteiger partial charge in [-0.05, 0) is 130 Å². The lowest BCUT2D eigenvalue weighted by atomic mass is 10.0. The molecule has 13 aromatic rings. The Kier molecular flexibility index (Phi) is 20.7. The third kappa shape index (κ3) is 15.7. The van der Waals surface area contributed by atoms with Crippen molar-refractivity contribution in [2.75, 3.05) is 9.80 Å². The average molecular weight is 1330 g/mol. The molecule has 14 rings (SSSR count). The van der Waals surface area contributed by atoms with Crippen LogP contribution < -0.4 is 9.80 Å². The number of nitrogens with one attached hydrogen (secondary N) is 1. The highest BCUT2D eigenvalue weighted by Crippen LogP contribution is 2.53. The summed E-state index contributed by atoms with van der Waals surface area (Å²) in [6, 6.07) is 120. The Morgan fingerprint density at radius 1 is 0.255 bits per heavy atom. The Labute approximate surface area is 578 Å². The van der Waals surface area contributed by atoms with Crippen molar-refractivity contribution in [1.29, 1.82) is 0 Å². The van der Waals surface area contributed by atoms with Gasteiger partial charge in [0.2, 0.25) is 0 Å². The summed E-state index contributed by atoms with van der Waals surface area (Å²) < 4.78 is 0. The SMILES string of the molecule is c1ccc(CSc2ccc(C3=C(c4ccc(SCc5ccccc5)cc4)N(c4ccc(SCc5ccccc5)cc4)C(c4nc(-c5ccc(SCc6ccccc6)cc5)c(-c5ccc(SCc6ccccc6)cc5)[nH]4)N3c3ccc(SCc4ccccc4)cc3)cc2)cc1. The Balaban J connectivity index is 0.938. The summed E-state index contributed by atoms with van der Waals surface area (Å²) in [6.45, 7) is 0. The number of aromatic nitrogens is 2. The number of nitrogens with zero attached hydrogens (tertiary/aromatic N) is 3. The highest BCUT2D eigenvalue weighted by atomic mass is 32.2. The van der Waals surface area contributed by atoms with Crippen LogP contribution in [0.3, 0.4) is 0 Å². The fourth-order valence-corrected chi connectivity index (χ4v) is 16.7. The van der Waals surface area contributed by atoms with Crippen LogP contribution in [-0.4, -0.2) is 9.97 Å². The van der Waals surface area contributed by atoms with Crippen molar-refractivity contribution < 1.29 is 0 Å². The minimum Gasteiger partial charge on any atom is -0.338 e. The Hall–Kier alpha value is -8.71. The molecule has 10 heteroatoms. The molecule has 1 aliphatic heterocycles. The predicted octanol–water partition coefficient (Wildman–Crippen LogP) is 24.0. The smallest absolute Gasteiger partial charge is 0.170 e. The molecule has 1 aliphatic rings. The van der Waals surface area contributed by atoms with Crippen molar-refractivity contribution in [2.24, 2.45) is 0 Å². The van der Waals surface area contributed by atoms with Crippen molar-refractivity contribution in [3.05, 3.63) is 378 Å². The summed E-state index contributed by atoms with van der Waals surface area (Å²) in [6.07, 6.45) is -0.510. The molecule has 0 radical (unpaired) electrons. The lowest BCUT2D eigenvalue weighted by Crippen LogP contribution is -2.33. The minimum absolute atomic E-state index is 0.510. The molecule has 1 N–H and O–H groups in total. The molecule has 0 atom stereocenters. The van der Waals surface area contributed by atoms with Gasteiger partial charge in [-0.15, -0.1) is 70.6 Å². The maximum absolute atomic E-state index is 5.97. The van der Waals surface area contributed by atoms with Gasteiger partial charge in [-0.2, -0.15) is 0 Å². The summed E-state index contributed by atoms with van der Waals surface area (Å²) in [5.74, 6) is 6.11. The molecule has 0 spiro atoms. The number of aromatic amines is 1. The van der Waals surface area contributed by atoms with E-state index in [0.29, 0.717) is 0 Å². The molecule has 0 saturated heterocycles. The molecule has 0 saturated carbocycles. The van der Waals surface area contributed by atoms with Crippen molar-refractivity contribution in [1.82, 2.24) is 9.97 Å². The number of benzene rings is 12. The van der Waals surface area contributed by atoms with Crippen LogP contribution in [0.5, 0.6) is 0 Å². The molecular formula is C84H68N4S6. The Morgan fingerprint density at radius 2 is 0.489 bits per heavy atom. The average Bonchev–Trinajstić information content (AvgIpc) is 1.56. The number of hydrogen-bond acceptors (Lipinski definition) is 9. The van der Waals surface area contributed by atoms with E-state index in [4.69, 9.17) is 4.98 Å². The van der Waals surface area contributed by atoms with Gasteiger partial charge in [0.1, 0.15) is 0 Å². The third-order valence-corrected chi connectivity index (χ3v) is 22.9. The number of hydrogen-bond donors (Lipinski definition) is 1. The zero-order valence-electron chi connectivity index (χ0n) is 51.8. The number of thioether (sulfide) groups is 6. The Morgan fingerprint density at radius 3 is 0.755 bits per heavy atom. The standard InChI is InChI=1S/C84H68N4S6/c1-7-19-61(20-8-1)55-89-73-43-31-67(32-44-73)79-80(68-33-45-74(46-34-68)90-56-62-21-9-2-10-22-62)86-83(85-79)84-87(71-39-51-77(52-40-71)93-59-65-27-15-5-16-28-65)81(69-35-47-75(48-36-69)91-57-63-23-11-3-12-24-63)82(70-37-49-76(50-38-70)92-58-64-25-13-4-14-26-64)88(84)72-41-53-78(54-42-72)94-60-66-29-17-6-18-30-66/h1-54,84H,55-60H2,(H,85,86). The van der Waals surface area contributed by atoms with Crippen molar-refractivity contribution in [3.8, 4) is 22.5 Å². The molecule has 460 valence electrons. The van der Waals surface area contributed by atoms with E-state index in [1.54, 1.807) is 0 Å². The van der Waals surface area contributed by atoms with Crippen LogP contribution in [0.4, 0.5) is 11.4 Å². The predicted molar refractivity (Wildman–Crippen MR) is 406 cm³/mol. The highest BCUT2D eigenvalue weighted by molar-refractivity contribution is 7.99. The Bertz CT molecular complexity index is 4250. The maximum Gasteiger partial charge on any atom is 0.170 e. The molecule has 0 aliphatic carbocycles. The van der Waals surface area contributed by atoms with E-state index in [2.05, 4.69) is 342 Å².